The lowest BCUT2D eigenvalue weighted by Gasteiger charge is -2.60. The van der Waals surface area contributed by atoms with Crippen LogP contribution in [-0.4, -0.2) is 85.8 Å². The Hall–Kier alpha value is -0.320. The predicted molar refractivity (Wildman–Crippen MR) is 104 cm³/mol. The van der Waals surface area contributed by atoms with Crippen molar-refractivity contribution in [2.45, 2.75) is 102 Å². The molecule has 6 N–H and O–H groups in total. The maximum absolute atomic E-state index is 11.3. The van der Waals surface area contributed by atoms with Gasteiger partial charge in [0.1, 0.15) is 24.4 Å². The minimum absolute atomic E-state index is 0.0530. The average Bonchev–Trinajstić information content (AvgIpc) is 2.65. The summed E-state index contributed by atoms with van der Waals surface area (Å²) in [5, 5.41) is 62.2. The molecule has 29 heavy (non-hydrogen) atoms. The van der Waals surface area contributed by atoms with Crippen molar-refractivity contribution in [3.63, 3.8) is 0 Å². The molecule has 8 nitrogen and oxygen atoms in total. The fourth-order valence-electron chi connectivity index (χ4n) is 6.00. The van der Waals surface area contributed by atoms with Gasteiger partial charge in [0.25, 0.3) is 0 Å². The van der Waals surface area contributed by atoms with Gasteiger partial charge in [-0.05, 0) is 44.4 Å². The SMILES string of the molecule is CC(C)[C@@H]1CC[C@@]2(C)[C@H](O)CC[C@](C)(O)[C@H]2[C@@H]1O[C@@H]1O[C@H](CO)[C@@H](O)[C@H](O)[C@H]1O. The van der Waals surface area contributed by atoms with Crippen LogP contribution < -0.4 is 0 Å². The second-order valence-corrected chi connectivity index (χ2v) is 10.1. The number of fused-ring (bicyclic) bond motifs is 1. The van der Waals surface area contributed by atoms with Gasteiger partial charge in [-0.15, -0.1) is 0 Å². The summed E-state index contributed by atoms with van der Waals surface area (Å²) in [5.74, 6) is -0.117. The maximum Gasteiger partial charge on any atom is 0.186 e. The molecule has 0 spiro atoms. The molecule has 0 aromatic rings. The summed E-state index contributed by atoms with van der Waals surface area (Å²) in [6.07, 6.45) is -5.37. The highest BCUT2D eigenvalue weighted by atomic mass is 16.7. The van der Waals surface area contributed by atoms with Gasteiger partial charge in [-0.1, -0.05) is 20.8 Å². The molecule has 3 fully saturated rings. The highest BCUT2D eigenvalue weighted by molar-refractivity contribution is 5.09. The quantitative estimate of drug-likeness (QED) is 0.368. The van der Waals surface area contributed by atoms with E-state index in [1.165, 1.54) is 0 Å². The second kappa shape index (κ2) is 8.31. The molecule has 3 aliphatic rings. The van der Waals surface area contributed by atoms with E-state index in [9.17, 15) is 30.6 Å². The molecular weight excluding hydrogens is 380 g/mol. The summed E-state index contributed by atoms with van der Waals surface area (Å²) in [7, 11) is 0. The third-order valence-corrected chi connectivity index (χ3v) is 7.83. The van der Waals surface area contributed by atoms with E-state index in [-0.39, 0.29) is 11.8 Å². The van der Waals surface area contributed by atoms with Gasteiger partial charge >= 0.3 is 0 Å². The molecule has 170 valence electrons. The van der Waals surface area contributed by atoms with Crippen molar-refractivity contribution in [1.82, 2.24) is 0 Å². The Kier molecular flexibility index (Phi) is 6.69. The fourth-order valence-corrected chi connectivity index (χ4v) is 6.00. The highest BCUT2D eigenvalue weighted by Gasteiger charge is 2.61. The van der Waals surface area contributed by atoms with Crippen LogP contribution in [0.15, 0.2) is 0 Å². The average molecular weight is 419 g/mol. The number of aliphatic hydroxyl groups excluding tert-OH is 5. The van der Waals surface area contributed by atoms with Crippen LogP contribution in [0.3, 0.4) is 0 Å². The zero-order valence-corrected chi connectivity index (χ0v) is 17.8. The van der Waals surface area contributed by atoms with E-state index in [2.05, 4.69) is 13.8 Å². The van der Waals surface area contributed by atoms with E-state index < -0.39 is 66.5 Å². The first kappa shape index (κ1) is 23.3. The third kappa shape index (κ3) is 3.99. The van der Waals surface area contributed by atoms with Crippen LogP contribution in [0.2, 0.25) is 0 Å². The fraction of sp³-hybridized carbons (Fsp3) is 1.00. The van der Waals surface area contributed by atoms with Crippen LogP contribution in [-0.2, 0) is 9.47 Å². The van der Waals surface area contributed by atoms with Crippen molar-refractivity contribution < 1.29 is 40.1 Å². The number of rotatable bonds is 4. The lowest BCUT2D eigenvalue weighted by Crippen LogP contribution is -2.66. The monoisotopic (exact) mass is 418 g/mol. The van der Waals surface area contributed by atoms with Gasteiger partial charge in [0.2, 0.25) is 0 Å². The van der Waals surface area contributed by atoms with E-state index >= 15 is 0 Å². The lowest BCUT2D eigenvalue weighted by atomic mass is 9.50. The van der Waals surface area contributed by atoms with Gasteiger partial charge < -0.3 is 40.1 Å². The summed E-state index contributed by atoms with van der Waals surface area (Å²) in [6, 6.07) is 0. The molecule has 2 aliphatic carbocycles. The molecule has 0 radical (unpaired) electrons. The Labute approximate surface area is 172 Å². The van der Waals surface area contributed by atoms with E-state index in [4.69, 9.17) is 9.47 Å². The first-order chi connectivity index (χ1) is 13.4. The van der Waals surface area contributed by atoms with Gasteiger partial charge in [-0.3, -0.25) is 0 Å². The Morgan fingerprint density at radius 3 is 2.24 bits per heavy atom. The third-order valence-electron chi connectivity index (χ3n) is 7.83. The highest BCUT2D eigenvalue weighted by Crippen LogP contribution is 2.57. The van der Waals surface area contributed by atoms with Gasteiger partial charge in [0.15, 0.2) is 6.29 Å². The van der Waals surface area contributed by atoms with Crippen LogP contribution in [0.1, 0.15) is 53.4 Å². The van der Waals surface area contributed by atoms with E-state index in [0.717, 1.165) is 12.8 Å². The predicted octanol–water partition coefficient (Wildman–Crippen LogP) is -0.234. The Morgan fingerprint density at radius 2 is 1.66 bits per heavy atom. The second-order valence-electron chi connectivity index (χ2n) is 10.1. The molecule has 1 aliphatic heterocycles. The van der Waals surface area contributed by atoms with Gasteiger partial charge in [-0.25, -0.2) is 0 Å². The Balaban J connectivity index is 1.94. The molecule has 0 aromatic carbocycles. The summed E-state index contributed by atoms with van der Waals surface area (Å²) >= 11 is 0. The number of aliphatic hydroxyl groups is 6. The molecule has 0 amide bonds. The topological polar surface area (TPSA) is 140 Å². The Morgan fingerprint density at radius 1 is 1.00 bits per heavy atom. The molecule has 0 aromatic heterocycles. The molecule has 8 heteroatoms. The van der Waals surface area contributed by atoms with E-state index in [1.54, 1.807) is 6.92 Å². The van der Waals surface area contributed by atoms with Crippen LogP contribution in [0.5, 0.6) is 0 Å². The summed E-state index contributed by atoms with van der Waals surface area (Å²) in [4.78, 5) is 0. The summed E-state index contributed by atoms with van der Waals surface area (Å²) < 4.78 is 11.9. The maximum atomic E-state index is 11.3. The molecule has 2 saturated carbocycles. The van der Waals surface area contributed by atoms with Crippen molar-refractivity contribution in [3.05, 3.63) is 0 Å². The number of ether oxygens (including phenoxy) is 2. The number of hydrogen-bond donors (Lipinski definition) is 6. The minimum atomic E-state index is -1.52. The van der Waals surface area contributed by atoms with Crippen LogP contribution in [0, 0.1) is 23.2 Å². The van der Waals surface area contributed by atoms with E-state index in [0.29, 0.717) is 12.8 Å². The zero-order chi connectivity index (χ0) is 21.7. The van der Waals surface area contributed by atoms with Crippen molar-refractivity contribution >= 4 is 0 Å². The molecule has 11 atom stereocenters. The van der Waals surface area contributed by atoms with Crippen LogP contribution >= 0.6 is 0 Å². The summed E-state index contributed by atoms with van der Waals surface area (Å²) in [5.41, 5.74) is -1.62. The van der Waals surface area contributed by atoms with Crippen molar-refractivity contribution in [2.24, 2.45) is 23.2 Å². The Bertz CT molecular complexity index is 567. The largest absolute Gasteiger partial charge is 0.394 e. The molecule has 1 saturated heterocycles. The number of hydrogen-bond acceptors (Lipinski definition) is 8. The molecule has 3 rings (SSSR count). The molecule has 0 unspecified atom stereocenters. The molecule has 1 heterocycles. The normalized spacial score (nSPS) is 53.7. The molecule has 0 bridgehead atoms. The van der Waals surface area contributed by atoms with Gasteiger partial charge in [-0.2, -0.15) is 0 Å². The van der Waals surface area contributed by atoms with Gasteiger partial charge in [0.05, 0.1) is 24.4 Å². The smallest absolute Gasteiger partial charge is 0.186 e. The molecular formula is C21H38O8. The summed E-state index contributed by atoms with van der Waals surface area (Å²) in [6.45, 7) is 7.38. The van der Waals surface area contributed by atoms with E-state index in [1.807, 2.05) is 6.92 Å². The van der Waals surface area contributed by atoms with Crippen molar-refractivity contribution in [2.75, 3.05) is 6.61 Å². The first-order valence-electron chi connectivity index (χ1n) is 10.8. The zero-order valence-electron chi connectivity index (χ0n) is 17.8. The van der Waals surface area contributed by atoms with Crippen molar-refractivity contribution in [1.29, 1.82) is 0 Å². The minimum Gasteiger partial charge on any atom is -0.394 e. The first-order valence-corrected chi connectivity index (χ1v) is 10.8. The van der Waals surface area contributed by atoms with Crippen LogP contribution in [0.25, 0.3) is 0 Å². The lowest BCUT2D eigenvalue weighted by molar-refractivity contribution is -0.338. The van der Waals surface area contributed by atoms with Gasteiger partial charge in [0, 0.05) is 11.3 Å². The van der Waals surface area contributed by atoms with Crippen molar-refractivity contribution in [3.8, 4) is 0 Å². The standard InChI is InChI=1S/C21H38O8/c1-10(2)11-5-7-20(3)13(23)6-8-21(4,27)18(20)17(11)29-19-16(26)15(25)14(24)12(9-22)28-19/h10-19,22-27H,5-9H2,1-4H3/t11-,12+,13+,14+,15-,16+,17+,18-,19-,20-,21-/m0/s1. The van der Waals surface area contributed by atoms with Crippen LogP contribution in [0.4, 0.5) is 0 Å².